The van der Waals surface area contributed by atoms with Crippen LogP contribution in [0, 0.1) is 0 Å². The van der Waals surface area contributed by atoms with Crippen molar-refractivity contribution in [3.05, 3.63) is 29.8 Å². The largest absolute Gasteiger partial charge is 0.508 e. The molecule has 1 aromatic carbocycles. The number of carboxylic acid groups (broad SMARTS) is 1. The van der Waals surface area contributed by atoms with Crippen LogP contribution in [0.25, 0.3) is 0 Å². The number of rotatable bonds is 10. The van der Waals surface area contributed by atoms with Crippen molar-refractivity contribution in [3.63, 3.8) is 0 Å². The first-order valence-corrected chi connectivity index (χ1v) is 11.1. The highest BCUT2D eigenvalue weighted by atomic mass is 32.1. The molecule has 5 atom stereocenters. The van der Waals surface area contributed by atoms with E-state index >= 15 is 0 Å². The molecule has 1 aliphatic heterocycles. The minimum Gasteiger partial charge on any atom is -0.508 e. The average Bonchev–Trinajstić information content (AvgIpc) is 3.26. The zero-order valence-corrected chi connectivity index (χ0v) is 19.1. The van der Waals surface area contributed by atoms with Gasteiger partial charge in [-0.15, -0.1) is 0 Å². The fourth-order valence-corrected chi connectivity index (χ4v) is 3.85. The molecule has 5 unspecified atom stereocenters. The minimum atomic E-state index is -1.54. The first-order chi connectivity index (χ1) is 15.5. The van der Waals surface area contributed by atoms with Crippen molar-refractivity contribution in [2.45, 2.75) is 56.5 Å². The molecule has 1 aromatic rings. The molecule has 1 fully saturated rings. The Balaban J connectivity index is 2.01. The fraction of sp³-hybridized carbons (Fsp3) is 0.524. The number of carbonyl (C=O) groups excluding carboxylic acids is 3. The molecule has 11 nitrogen and oxygen atoms in total. The number of aliphatic hydroxyl groups is 1. The van der Waals surface area contributed by atoms with Gasteiger partial charge in [-0.3, -0.25) is 14.4 Å². The molecule has 0 aliphatic carbocycles. The maximum atomic E-state index is 12.9. The SMILES string of the molecule is CC(O)C(NC(=O)C(CS)NC(=O)C1CCCN1C(=O)C(N)Cc1ccc(O)cc1)C(=O)O. The van der Waals surface area contributed by atoms with Crippen molar-refractivity contribution in [3.8, 4) is 5.75 Å². The lowest BCUT2D eigenvalue weighted by atomic mass is 10.0. The summed E-state index contributed by atoms with van der Waals surface area (Å²) in [6, 6.07) is 1.87. The first-order valence-electron chi connectivity index (χ1n) is 10.5. The summed E-state index contributed by atoms with van der Waals surface area (Å²) in [6.07, 6.45) is -0.158. The van der Waals surface area contributed by atoms with Gasteiger partial charge >= 0.3 is 5.97 Å². The molecule has 0 aromatic heterocycles. The summed E-state index contributed by atoms with van der Waals surface area (Å²) in [5.74, 6) is -3.24. The number of nitrogens with two attached hydrogens (primary N) is 1. The molecule has 3 amide bonds. The number of benzene rings is 1. The number of carboxylic acids is 1. The Bertz CT molecular complexity index is 865. The molecule has 7 N–H and O–H groups in total. The van der Waals surface area contributed by atoms with E-state index in [4.69, 9.17) is 10.8 Å². The second-order valence-electron chi connectivity index (χ2n) is 7.98. The number of aromatic hydroxyl groups is 1. The lowest BCUT2D eigenvalue weighted by molar-refractivity contribution is -0.145. The maximum Gasteiger partial charge on any atom is 0.328 e. The van der Waals surface area contributed by atoms with Crippen molar-refractivity contribution in [2.75, 3.05) is 12.3 Å². The zero-order valence-electron chi connectivity index (χ0n) is 18.2. The number of amides is 3. The molecule has 0 spiro atoms. The topological polar surface area (TPSA) is 182 Å². The van der Waals surface area contributed by atoms with Crippen LogP contribution in [0.3, 0.4) is 0 Å². The average molecular weight is 483 g/mol. The van der Waals surface area contributed by atoms with Crippen LogP contribution in [0.4, 0.5) is 0 Å². The quantitative estimate of drug-likeness (QED) is 0.199. The maximum absolute atomic E-state index is 12.9. The van der Waals surface area contributed by atoms with Crippen LogP contribution in [0.2, 0.25) is 0 Å². The lowest BCUT2D eigenvalue weighted by Crippen LogP contribution is -2.58. The summed E-state index contributed by atoms with van der Waals surface area (Å²) >= 11 is 4.05. The second-order valence-corrected chi connectivity index (χ2v) is 8.34. The Kier molecular flexibility index (Phi) is 9.50. The third kappa shape index (κ3) is 7.07. The number of hydrogen-bond donors (Lipinski definition) is 7. The van der Waals surface area contributed by atoms with Crippen molar-refractivity contribution in [1.82, 2.24) is 15.5 Å². The van der Waals surface area contributed by atoms with E-state index in [2.05, 4.69) is 23.3 Å². The molecule has 1 saturated heterocycles. The highest BCUT2D eigenvalue weighted by molar-refractivity contribution is 7.80. The van der Waals surface area contributed by atoms with E-state index in [0.29, 0.717) is 19.4 Å². The fourth-order valence-electron chi connectivity index (χ4n) is 3.59. The zero-order chi connectivity index (χ0) is 24.7. The number of carbonyl (C=O) groups is 4. The summed E-state index contributed by atoms with van der Waals surface area (Å²) in [4.78, 5) is 50.8. The van der Waals surface area contributed by atoms with Crippen molar-refractivity contribution in [2.24, 2.45) is 5.73 Å². The van der Waals surface area contributed by atoms with E-state index in [1.807, 2.05) is 0 Å². The number of aliphatic carboxylic acids is 1. The van der Waals surface area contributed by atoms with Gasteiger partial charge in [0.05, 0.1) is 12.1 Å². The number of nitrogens with zero attached hydrogens (tertiary/aromatic N) is 1. The van der Waals surface area contributed by atoms with Gasteiger partial charge in [0.15, 0.2) is 6.04 Å². The Morgan fingerprint density at radius 2 is 1.85 bits per heavy atom. The Morgan fingerprint density at radius 3 is 2.39 bits per heavy atom. The van der Waals surface area contributed by atoms with Crippen LogP contribution in [0.15, 0.2) is 24.3 Å². The molecule has 0 saturated carbocycles. The molecular formula is C21H30N4O7S. The van der Waals surface area contributed by atoms with Crippen LogP contribution in [0.1, 0.15) is 25.3 Å². The monoisotopic (exact) mass is 482 g/mol. The molecular weight excluding hydrogens is 452 g/mol. The number of likely N-dealkylation sites (tertiary alicyclic amines) is 1. The molecule has 12 heteroatoms. The van der Waals surface area contributed by atoms with Crippen LogP contribution in [0.5, 0.6) is 5.75 Å². The number of phenolic OH excluding ortho intramolecular Hbond substituents is 1. The number of hydrogen-bond acceptors (Lipinski definition) is 8. The Morgan fingerprint density at radius 1 is 1.21 bits per heavy atom. The van der Waals surface area contributed by atoms with Gasteiger partial charge in [0.1, 0.15) is 17.8 Å². The highest BCUT2D eigenvalue weighted by Crippen LogP contribution is 2.20. The third-order valence-electron chi connectivity index (χ3n) is 5.41. The second kappa shape index (κ2) is 11.9. The van der Waals surface area contributed by atoms with Crippen molar-refractivity contribution >= 4 is 36.3 Å². The van der Waals surface area contributed by atoms with E-state index < -0.39 is 54.0 Å². The molecule has 33 heavy (non-hydrogen) atoms. The van der Waals surface area contributed by atoms with Gasteiger partial charge in [-0.05, 0) is 43.9 Å². The minimum absolute atomic E-state index is 0.0980. The predicted octanol–water partition coefficient (Wildman–Crippen LogP) is -1.38. The number of aliphatic hydroxyl groups excluding tert-OH is 1. The van der Waals surface area contributed by atoms with Gasteiger partial charge < -0.3 is 36.6 Å². The number of thiol groups is 1. The standard InChI is InChI=1S/C21H30N4O7S/c1-11(26)17(21(31)32)24-18(28)15(10-33)23-19(29)16-3-2-8-25(16)20(30)14(22)9-12-4-6-13(27)7-5-12/h4-7,11,14-17,26-27,33H,2-3,8-10,22H2,1H3,(H,23,29)(H,24,28)(H,31,32). The molecule has 1 heterocycles. The molecule has 182 valence electrons. The Labute approximate surface area is 196 Å². The molecule has 0 bridgehead atoms. The number of phenols is 1. The van der Waals surface area contributed by atoms with Crippen LogP contribution in [-0.4, -0.2) is 86.5 Å². The van der Waals surface area contributed by atoms with Crippen LogP contribution in [-0.2, 0) is 25.6 Å². The van der Waals surface area contributed by atoms with E-state index in [1.54, 1.807) is 12.1 Å². The van der Waals surface area contributed by atoms with Gasteiger partial charge in [0.2, 0.25) is 17.7 Å². The molecule has 2 rings (SSSR count). The van der Waals surface area contributed by atoms with Gasteiger partial charge in [-0.1, -0.05) is 12.1 Å². The number of nitrogens with one attached hydrogen (secondary N) is 2. The van der Waals surface area contributed by atoms with Gasteiger partial charge in [-0.25, -0.2) is 4.79 Å². The molecule has 1 aliphatic rings. The smallest absolute Gasteiger partial charge is 0.328 e. The third-order valence-corrected chi connectivity index (χ3v) is 5.77. The van der Waals surface area contributed by atoms with Crippen molar-refractivity contribution < 1.29 is 34.5 Å². The summed E-state index contributed by atoms with van der Waals surface area (Å²) in [5.41, 5.74) is 6.83. The van der Waals surface area contributed by atoms with Crippen LogP contribution >= 0.6 is 12.6 Å². The Hall–Kier alpha value is -2.83. The summed E-state index contributed by atoms with van der Waals surface area (Å²) < 4.78 is 0. The summed E-state index contributed by atoms with van der Waals surface area (Å²) in [7, 11) is 0. The van der Waals surface area contributed by atoms with Gasteiger partial charge in [-0.2, -0.15) is 12.6 Å². The normalized spacial score (nSPS) is 19.3. The van der Waals surface area contributed by atoms with Crippen LogP contribution < -0.4 is 16.4 Å². The first kappa shape index (κ1) is 26.4. The summed E-state index contributed by atoms with van der Waals surface area (Å²) in [6.45, 7) is 1.55. The van der Waals surface area contributed by atoms with Gasteiger partial charge in [0.25, 0.3) is 0 Å². The molecule has 0 radical (unpaired) electrons. The van der Waals surface area contributed by atoms with E-state index in [0.717, 1.165) is 5.56 Å². The van der Waals surface area contributed by atoms with E-state index in [-0.39, 0.29) is 17.9 Å². The van der Waals surface area contributed by atoms with E-state index in [1.165, 1.54) is 24.0 Å². The lowest BCUT2D eigenvalue weighted by Gasteiger charge is -2.28. The van der Waals surface area contributed by atoms with Crippen molar-refractivity contribution in [1.29, 1.82) is 0 Å². The van der Waals surface area contributed by atoms with Gasteiger partial charge in [0, 0.05) is 12.3 Å². The summed E-state index contributed by atoms with van der Waals surface area (Å²) in [5, 5.41) is 32.7. The van der Waals surface area contributed by atoms with E-state index in [9.17, 15) is 29.4 Å². The predicted molar refractivity (Wildman–Crippen MR) is 122 cm³/mol. The highest BCUT2D eigenvalue weighted by Gasteiger charge is 2.38.